The Balaban J connectivity index is 1.61. The van der Waals surface area contributed by atoms with Gasteiger partial charge in [-0.25, -0.2) is 26.7 Å². The van der Waals surface area contributed by atoms with Crippen LogP contribution in [-0.4, -0.2) is 48.5 Å². The Morgan fingerprint density at radius 1 is 1.00 bits per heavy atom. The molecule has 0 heterocycles. The lowest BCUT2D eigenvalue weighted by Gasteiger charge is -2.48. The maximum atomic E-state index is 15.7. The Kier molecular flexibility index (Phi) is 9.29. The number of halogens is 5. The third-order valence-electron chi connectivity index (χ3n) is 7.11. The molecule has 3 nitrogen and oxygen atoms in total. The van der Waals surface area contributed by atoms with Gasteiger partial charge in [0.15, 0.2) is 18.0 Å². The van der Waals surface area contributed by atoms with Crippen molar-refractivity contribution >= 4 is 18.6 Å². The van der Waals surface area contributed by atoms with Gasteiger partial charge in [-0.1, -0.05) is 26.2 Å². The largest absolute Gasteiger partial charge is 0.424 e. The number of thiol groups is 1. The van der Waals surface area contributed by atoms with Gasteiger partial charge in [0.25, 0.3) is 0 Å². The van der Waals surface area contributed by atoms with Gasteiger partial charge in [0.1, 0.15) is 11.9 Å². The summed E-state index contributed by atoms with van der Waals surface area (Å²) in [5, 5.41) is 0. The van der Waals surface area contributed by atoms with E-state index in [1.807, 2.05) is 0 Å². The van der Waals surface area contributed by atoms with E-state index in [1.165, 1.54) is 24.3 Å². The Morgan fingerprint density at radius 3 is 2.26 bits per heavy atom. The molecule has 0 aliphatic heterocycles. The van der Waals surface area contributed by atoms with Crippen LogP contribution in [0.15, 0.2) is 29.2 Å². The zero-order chi connectivity index (χ0) is 24.9. The monoisotopic (exact) mass is 508 g/mol. The highest BCUT2D eigenvalue weighted by Crippen LogP contribution is 2.52. The van der Waals surface area contributed by atoms with E-state index in [1.54, 1.807) is 0 Å². The Labute approximate surface area is 203 Å². The molecule has 5 atom stereocenters. The summed E-state index contributed by atoms with van der Waals surface area (Å²) in [6.07, 6.45) is -5.41. The highest BCUT2D eigenvalue weighted by molar-refractivity contribution is 7.80. The molecule has 0 amide bonds. The Bertz CT molecular complexity index is 804. The summed E-state index contributed by atoms with van der Waals surface area (Å²) in [5.74, 6) is -3.04. The van der Waals surface area contributed by atoms with Crippen molar-refractivity contribution in [1.82, 2.24) is 0 Å². The van der Waals surface area contributed by atoms with Crippen LogP contribution in [0.1, 0.15) is 64.7 Å². The lowest BCUT2D eigenvalue weighted by Crippen LogP contribution is -2.67. The number of ether oxygens (including phenoxy) is 2. The number of benzene rings is 1. The summed E-state index contributed by atoms with van der Waals surface area (Å²) in [7, 11) is 0. The summed E-state index contributed by atoms with van der Waals surface area (Å²) in [6.45, 7) is 2.68. The fourth-order valence-corrected chi connectivity index (χ4v) is 5.14. The van der Waals surface area contributed by atoms with Gasteiger partial charge in [-0.2, -0.15) is 0 Å². The van der Waals surface area contributed by atoms with Crippen LogP contribution in [0.2, 0.25) is 0 Å². The molecule has 2 aliphatic carbocycles. The van der Waals surface area contributed by atoms with E-state index in [0.717, 1.165) is 25.7 Å². The van der Waals surface area contributed by atoms with E-state index in [2.05, 4.69) is 19.6 Å². The third kappa shape index (κ3) is 5.72. The maximum Gasteiger partial charge on any atom is 0.352 e. The van der Waals surface area contributed by atoms with Crippen molar-refractivity contribution in [3.05, 3.63) is 24.3 Å². The van der Waals surface area contributed by atoms with Gasteiger partial charge < -0.3 is 9.47 Å². The third-order valence-corrected chi connectivity index (χ3v) is 7.41. The van der Waals surface area contributed by atoms with Crippen molar-refractivity contribution in [2.45, 2.75) is 106 Å². The number of alkyl halides is 5. The molecule has 0 aromatic heterocycles. The van der Waals surface area contributed by atoms with Crippen LogP contribution in [0.4, 0.5) is 22.0 Å². The van der Waals surface area contributed by atoms with Crippen LogP contribution in [-0.2, 0) is 9.53 Å². The van der Waals surface area contributed by atoms with Gasteiger partial charge >= 0.3 is 5.97 Å². The fourth-order valence-electron chi connectivity index (χ4n) is 4.99. The minimum atomic E-state index is -3.63. The van der Waals surface area contributed by atoms with Crippen molar-refractivity contribution in [2.24, 2.45) is 5.92 Å². The average molecular weight is 509 g/mol. The van der Waals surface area contributed by atoms with Crippen molar-refractivity contribution in [2.75, 3.05) is 6.61 Å². The van der Waals surface area contributed by atoms with Crippen LogP contribution < -0.4 is 4.74 Å². The zero-order valence-corrected chi connectivity index (χ0v) is 20.2. The number of carbonyl (C=O) groups excluding carboxylic acids is 1. The molecular formula is C25H33F5O3S. The number of esters is 1. The second-order valence-electron chi connectivity index (χ2n) is 9.45. The van der Waals surface area contributed by atoms with Crippen molar-refractivity contribution in [3.8, 4) is 5.75 Å². The smallest absolute Gasteiger partial charge is 0.352 e. The summed E-state index contributed by atoms with van der Waals surface area (Å²) >= 11 is 4.06. The molecule has 1 aromatic carbocycles. The number of rotatable bonds is 9. The fraction of sp³-hybridized carbons (Fsp3) is 0.720. The van der Waals surface area contributed by atoms with E-state index in [0.29, 0.717) is 24.3 Å². The van der Waals surface area contributed by atoms with E-state index in [4.69, 9.17) is 9.47 Å². The predicted octanol–water partition coefficient (Wildman–Crippen LogP) is 6.87. The highest BCUT2D eigenvalue weighted by atomic mass is 32.1. The molecule has 34 heavy (non-hydrogen) atoms. The standard InChI is InChI=1S/C25H33F5O3S/c1-2-3-4-5-14-32-17-8-6-16(7-9-17)25(30)20(26)15-24(29,21(27)22(25)28)23(31)33-18-10-12-19(34)13-11-18/h10-13,16-17,20-22,34H,2-9,14-15H2,1H3. The van der Waals surface area contributed by atoms with Gasteiger partial charge in [-0.05, 0) is 62.3 Å². The molecule has 0 radical (unpaired) electrons. The van der Waals surface area contributed by atoms with Crippen molar-refractivity contribution in [1.29, 1.82) is 0 Å². The van der Waals surface area contributed by atoms with E-state index in [9.17, 15) is 9.18 Å². The molecule has 9 heteroatoms. The normalized spacial score (nSPS) is 36.3. The minimum Gasteiger partial charge on any atom is -0.424 e. The summed E-state index contributed by atoms with van der Waals surface area (Å²) in [6, 6.07) is 5.45. The molecule has 2 aliphatic rings. The Morgan fingerprint density at radius 2 is 1.65 bits per heavy atom. The van der Waals surface area contributed by atoms with Gasteiger partial charge in [-0.15, -0.1) is 12.6 Å². The molecule has 0 N–H and O–H groups in total. The molecule has 3 rings (SSSR count). The number of hydrogen-bond acceptors (Lipinski definition) is 4. The molecule has 2 fully saturated rings. The molecule has 2 saturated carbocycles. The van der Waals surface area contributed by atoms with Gasteiger partial charge in [0, 0.05) is 17.9 Å². The molecule has 0 bridgehead atoms. The topological polar surface area (TPSA) is 35.5 Å². The summed E-state index contributed by atoms with van der Waals surface area (Å²) in [5.41, 5.74) is -6.85. The molecule has 0 spiro atoms. The summed E-state index contributed by atoms with van der Waals surface area (Å²) < 4.78 is 86.6. The van der Waals surface area contributed by atoms with E-state index in [-0.39, 0.29) is 24.7 Å². The van der Waals surface area contributed by atoms with Gasteiger partial charge in [0.2, 0.25) is 5.67 Å². The first-order valence-electron chi connectivity index (χ1n) is 12.1. The quantitative estimate of drug-likeness (QED) is 0.130. The van der Waals surface area contributed by atoms with Gasteiger partial charge in [0.05, 0.1) is 6.10 Å². The van der Waals surface area contributed by atoms with E-state index < -0.39 is 48.2 Å². The molecule has 192 valence electrons. The highest BCUT2D eigenvalue weighted by Gasteiger charge is 2.70. The second kappa shape index (κ2) is 11.6. The minimum absolute atomic E-state index is 0.101. The average Bonchev–Trinajstić information content (AvgIpc) is 2.83. The van der Waals surface area contributed by atoms with Crippen LogP contribution >= 0.6 is 12.6 Å². The zero-order valence-electron chi connectivity index (χ0n) is 19.3. The van der Waals surface area contributed by atoms with Crippen LogP contribution in [0, 0.1) is 5.92 Å². The number of carbonyl (C=O) groups is 1. The van der Waals surface area contributed by atoms with Crippen molar-refractivity contribution < 1.29 is 36.2 Å². The second-order valence-corrected chi connectivity index (χ2v) is 9.97. The lowest BCUT2D eigenvalue weighted by atomic mass is 9.65. The first kappa shape index (κ1) is 27.2. The van der Waals surface area contributed by atoms with Crippen LogP contribution in [0.25, 0.3) is 0 Å². The maximum absolute atomic E-state index is 15.7. The Hall–Kier alpha value is -1.35. The van der Waals surface area contributed by atoms with Crippen LogP contribution in [0.5, 0.6) is 5.75 Å². The lowest BCUT2D eigenvalue weighted by molar-refractivity contribution is -0.196. The molecule has 5 unspecified atom stereocenters. The molecule has 1 aromatic rings. The first-order chi connectivity index (χ1) is 16.1. The number of unbranched alkanes of at least 4 members (excludes halogenated alkanes) is 3. The molecular weight excluding hydrogens is 475 g/mol. The number of hydrogen-bond donors (Lipinski definition) is 1. The summed E-state index contributed by atoms with van der Waals surface area (Å²) in [4.78, 5) is 12.9. The van der Waals surface area contributed by atoms with Crippen molar-refractivity contribution in [3.63, 3.8) is 0 Å². The van der Waals surface area contributed by atoms with Gasteiger partial charge in [-0.3, -0.25) is 0 Å². The van der Waals surface area contributed by atoms with Crippen LogP contribution in [0.3, 0.4) is 0 Å². The molecule has 0 saturated heterocycles. The predicted molar refractivity (Wildman–Crippen MR) is 122 cm³/mol. The SMILES string of the molecule is CCCCCCOC1CCC(C2(F)C(F)CC(F)(C(=O)Oc3ccc(S)cc3)C(F)C2F)CC1. The van der Waals surface area contributed by atoms with E-state index >= 15 is 17.6 Å². The first-order valence-corrected chi connectivity index (χ1v) is 12.5.